The summed E-state index contributed by atoms with van der Waals surface area (Å²) in [5.41, 5.74) is 3.28. The van der Waals surface area contributed by atoms with Crippen LogP contribution in [0.4, 0.5) is 11.4 Å². The van der Waals surface area contributed by atoms with Crippen molar-refractivity contribution in [2.75, 3.05) is 0 Å². The van der Waals surface area contributed by atoms with Crippen molar-refractivity contribution in [3.8, 4) is 0 Å². The van der Waals surface area contributed by atoms with Gasteiger partial charge in [-0.2, -0.15) is 10.2 Å². The number of hydrogen-bond donors (Lipinski definition) is 0. The second kappa shape index (κ2) is 6.47. The number of rotatable bonds is 3. The molecule has 0 aromatic heterocycles. The van der Waals surface area contributed by atoms with Gasteiger partial charge in [-0.1, -0.05) is 49.6 Å². The van der Waals surface area contributed by atoms with E-state index >= 15 is 0 Å². The number of benzene rings is 2. The molecule has 20 heavy (non-hydrogen) atoms. The van der Waals surface area contributed by atoms with Gasteiger partial charge < -0.3 is 0 Å². The average molecular weight is 264 g/mol. The topological polar surface area (TPSA) is 24.7 Å². The molecule has 2 heteroatoms. The van der Waals surface area contributed by atoms with Crippen LogP contribution in [0.1, 0.15) is 43.6 Å². The highest BCUT2D eigenvalue weighted by Gasteiger charge is 2.14. The first-order valence-corrected chi connectivity index (χ1v) is 7.48. The van der Waals surface area contributed by atoms with Crippen LogP contribution in [0.5, 0.6) is 0 Å². The van der Waals surface area contributed by atoms with Crippen LogP contribution in [0.3, 0.4) is 0 Å². The normalized spacial score (nSPS) is 16.6. The molecule has 2 aromatic rings. The summed E-state index contributed by atoms with van der Waals surface area (Å²) in [5.74, 6) is 0.754. The summed E-state index contributed by atoms with van der Waals surface area (Å²) in [7, 11) is 0. The lowest BCUT2D eigenvalue weighted by molar-refractivity contribution is 0.443. The molecule has 102 valence electrons. The monoisotopic (exact) mass is 264 g/mol. The molecule has 0 N–H and O–H groups in total. The van der Waals surface area contributed by atoms with Crippen LogP contribution in [-0.2, 0) is 0 Å². The first kappa shape index (κ1) is 13.0. The minimum Gasteiger partial charge on any atom is -0.151 e. The fourth-order valence-electron chi connectivity index (χ4n) is 2.86. The molecule has 3 rings (SSSR count). The first-order valence-electron chi connectivity index (χ1n) is 7.48. The molecule has 2 nitrogen and oxygen atoms in total. The van der Waals surface area contributed by atoms with E-state index in [4.69, 9.17) is 0 Å². The van der Waals surface area contributed by atoms with E-state index in [0.717, 1.165) is 17.3 Å². The molecule has 0 spiro atoms. The summed E-state index contributed by atoms with van der Waals surface area (Å²) >= 11 is 0. The van der Waals surface area contributed by atoms with Gasteiger partial charge in [0.05, 0.1) is 11.4 Å². The third-order valence-electron chi connectivity index (χ3n) is 4.01. The predicted octanol–water partition coefficient (Wildman–Crippen LogP) is 6.15. The zero-order valence-corrected chi connectivity index (χ0v) is 11.7. The Hall–Kier alpha value is -1.96. The van der Waals surface area contributed by atoms with Gasteiger partial charge in [0.15, 0.2) is 0 Å². The van der Waals surface area contributed by atoms with Crippen LogP contribution in [0.2, 0.25) is 0 Å². The predicted molar refractivity (Wildman–Crippen MR) is 82.9 cm³/mol. The average Bonchev–Trinajstić information content (AvgIpc) is 2.55. The second-order valence-corrected chi connectivity index (χ2v) is 5.46. The summed E-state index contributed by atoms with van der Waals surface area (Å²) in [5, 5.41) is 8.53. The van der Waals surface area contributed by atoms with Gasteiger partial charge in [0.1, 0.15) is 0 Å². The Balaban J connectivity index is 1.68. The molecule has 1 aliphatic rings. The summed E-state index contributed by atoms with van der Waals surface area (Å²) < 4.78 is 0. The van der Waals surface area contributed by atoms with E-state index in [9.17, 15) is 0 Å². The third kappa shape index (κ3) is 3.32. The zero-order valence-electron chi connectivity index (χ0n) is 11.7. The second-order valence-electron chi connectivity index (χ2n) is 5.46. The van der Waals surface area contributed by atoms with Crippen LogP contribution in [0.15, 0.2) is 64.8 Å². The van der Waals surface area contributed by atoms with Gasteiger partial charge >= 0.3 is 0 Å². The van der Waals surface area contributed by atoms with E-state index in [1.165, 1.54) is 37.7 Å². The Morgan fingerprint density at radius 3 is 1.90 bits per heavy atom. The maximum atomic E-state index is 4.29. The molecular weight excluding hydrogens is 244 g/mol. The molecule has 1 fully saturated rings. The van der Waals surface area contributed by atoms with Gasteiger partial charge in [-0.15, -0.1) is 0 Å². The fourth-order valence-corrected chi connectivity index (χ4v) is 2.86. The van der Waals surface area contributed by atoms with Crippen LogP contribution in [0, 0.1) is 0 Å². The van der Waals surface area contributed by atoms with Crippen molar-refractivity contribution in [1.29, 1.82) is 0 Å². The quantitative estimate of drug-likeness (QED) is 0.594. The minimum atomic E-state index is 0.754. The van der Waals surface area contributed by atoms with E-state index in [-0.39, 0.29) is 0 Å². The van der Waals surface area contributed by atoms with Crippen LogP contribution in [-0.4, -0.2) is 0 Å². The van der Waals surface area contributed by atoms with E-state index in [1.807, 2.05) is 30.3 Å². The molecule has 0 radical (unpaired) electrons. The zero-order chi connectivity index (χ0) is 13.6. The van der Waals surface area contributed by atoms with Gasteiger partial charge in [-0.05, 0) is 48.6 Å². The lowest BCUT2D eigenvalue weighted by Crippen LogP contribution is -2.03. The van der Waals surface area contributed by atoms with Crippen LogP contribution >= 0.6 is 0 Å². The van der Waals surface area contributed by atoms with Crippen molar-refractivity contribution < 1.29 is 0 Å². The highest BCUT2D eigenvalue weighted by molar-refractivity contribution is 5.41. The van der Waals surface area contributed by atoms with E-state index in [2.05, 4.69) is 34.5 Å². The lowest BCUT2D eigenvalue weighted by atomic mass is 9.84. The van der Waals surface area contributed by atoms with Crippen molar-refractivity contribution >= 4 is 11.4 Å². The van der Waals surface area contributed by atoms with Crippen molar-refractivity contribution in [3.63, 3.8) is 0 Å². The van der Waals surface area contributed by atoms with Crippen molar-refractivity contribution in [2.24, 2.45) is 10.2 Å². The number of azo groups is 1. The Morgan fingerprint density at radius 2 is 1.25 bits per heavy atom. The van der Waals surface area contributed by atoms with Gasteiger partial charge in [-0.25, -0.2) is 0 Å². The highest BCUT2D eigenvalue weighted by atomic mass is 15.1. The molecule has 0 atom stereocenters. The third-order valence-corrected chi connectivity index (χ3v) is 4.01. The Kier molecular flexibility index (Phi) is 4.22. The molecule has 1 saturated carbocycles. The fraction of sp³-hybridized carbons (Fsp3) is 0.333. The summed E-state index contributed by atoms with van der Waals surface area (Å²) in [6, 6.07) is 18.4. The Labute approximate surface area is 120 Å². The summed E-state index contributed by atoms with van der Waals surface area (Å²) in [6.45, 7) is 0. The maximum Gasteiger partial charge on any atom is 0.0857 e. The van der Waals surface area contributed by atoms with E-state index < -0.39 is 0 Å². The number of nitrogens with zero attached hydrogens (tertiary/aromatic N) is 2. The molecule has 0 unspecified atom stereocenters. The molecule has 0 aliphatic heterocycles. The Bertz CT molecular complexity index is 552. The molecule has 0 saturated heterocycles. The van der Waals surface area contributed by atoms with Crippen molar-refractivity contribution in [3.05, 3.63) is 60.2 Å². The largest absolute Gasteiger partial charge is 0.151 e. The van der Waals surface area contributed by atoms with Crippen molar-refractivity contribution in [1.82, 2.24) is 0 Å². The highest BCUT2D eigenvalue weighted by Crippen LogP contribution is 2.33. The maximum absolute atomic E-state index is 4.29. The molecule has 0 amide bonds. The standard InChI is InChI=1S/C18H20N2/c1-3-7-15(8-4-1)16-11-13-18(14-12-16)20-19-17-9-5-2-6-10-17/h2,5-6,9-15H,1,3-4,7-8H2. The lowest BCUT2D eigenvalue weighted by Gasteiger charge is -2.21. The van der Waals surface area contributed by atoms with E-state index in [0.29, 0.717) is 0 Å². The summed E-state index contributed by atoms with van der Waals surface area (Å²) in [4.78, 5) is 0. The first-order chi connectivity index (χ1) is 9.92. The molecule has 0 heterocycles. The van der Waals surface area contributed by atoms with Crippen LogP contribution in [0.25, 0.3) is 0 Å². The molecule has 0 bridgehead atoms. The van der Waals surface area contributed by atoms with Gasteiger partial charge in [0, 0.05) is 0 Å². The molecule has 1 aliphatic carbocycles. The SMILES string of the molecule is c1ccc(N=Nc2ccc(C3CCCCC3)cc2)cc1. The van der Waals surface area contributed by atoms with Gasteiger partial charge in [0.2, 0.25) is 0 Å². The summed E-state index contributed by atoms with van der Waals surface area (Å²) in [6.07, 6.45) is 6.83. The van der Waals surface area contributed by atoms with Gasteiger partial charge in [0.25, 0.3) is 0 Å². The smallest absolute Gasteiger partial charge is 0.0857 e. The Morgan fingerprint density at radius 1 is 0.650 bits per heavy atom. The van der Waals surface area contributed by atoms with Crippen LogP contribution < -0.4 is 0 Å². The van der Waals surface area contributed by atoms with Crippen molar-refractivity contribution in [2.45, 2.75) is 38.0 Å². The minimum absolute atomic E-state index is 0.754. The number of hydrogen-bond acceptors (Lipinski definition) is 2. The molecular formula is C18H20N2. The van der Waals surface area contributed by atoms with Gasteiger partial charge in [-0.3, -0.25) is 0 Å². The van der Waals surface area contributed by atoms with E-state index in [1.54, 1.807) is 0 Å². The molecule has 2 aromatic carbocycles.